The summed E-state index contributed by atoms with van der Waals surface area (Å²) < 4.78 is 26.0. The lowest BCUT2D eigenvalue weighted by Gasteiger charge is -2.30. The van der Waals surface area contributed by atoms with Crippen LogP contribution in [0.15, 0.2) is 36.4 Å². The first-order chi connectivity index (χ1) is 13.2. The standard InChI is InChI=1S/C19H21N3O5S/c1-3-28(26,27)21-11-5-6-14-12-15(9-10-18(14)21)19(23)20-16-7-4-8-17(13(16)2)22(24)25/h4,7-10,12H,3,5-6,11H2,1-2H3,(H,20,23). The molecular formula is C19H21N3O5S. The summed E-state index contributed by atoms with van der Waals surface area (Å²) in [4.78, 5) is 23.2. The van der Waals surface area contributed by atoms with E-state index in [0.29, 0.717) is 41.9 Å². The lowest BCUT2D eigenvalue weighted by molar-refractivity contribution is -0.385. The molecule has 0 saturated heterocycles. The molecular weight excluding hydrogens is 382 g/mol. The highest BCUT2D eigenvalue weighted by molar-refractivity contribution is 7.92. The topological polar surface area (TPSA) is 110 Å². The third kappa shape index (κ3) is 3.70. The van der Waals surface area contributed by atoms with Crippen molar-refractivity contribution >= 4 is 33.0 Å². The molecule has 0 aromatic heterocycles. The smallest absolute Gasteiger partial charge is 0.274 e. The van der Waals surface area contributed by atoms with Gasteiger partial charge < -0.3 is 5.32 Å². The Morgan fingerprint density at radius 3 is 2.71 bits per heavy atom. The third-order valence-corrected chi connectivity index (χ3v) is 6.65. The van der Waals surface area contributed by atoms with E-state index in [1.807, 2.05) is 0 Å². The van der Waals surface area contributed by atoms with Gasteiger partial charge in [-0.25, -0.2) is 8.42 Å². The maximum Gasteiger partial charge on any atom is 0.274 e. The molecule has 2 aromatic rings. The number of rotatable bonds is 5. The number of sulfonamides is 1. The van der Waals surface area contributed by atoms with Gasteiger partial charge in [0.2, 0.25) is 10.0 Å². The Morgan fingerprint density at radius 2 is 2.04 bits per heavy atom. The number of nitrogens with one attached hydrogen (secondary N) is 1. The number of hydrogen-bond acceptors (Lipinski definition) is 5. The minimum atomic E-state index is -3.37. The summed E-state index contributed by atoms with van der Waals surface area (Å²) in [5.41, 5.74) is 2.46. The Morgan fingerprint density at radius 1 is 1.29 bits per heavy atom. The summed E-state index contributed by atoms with van der Waals surface area (Å²) in [6.07, 6.45) is 1.36. The lowest BCUT2D eigenvalue weighted by atomic mass is 10.0. The first-order valence-electron chi connectivity index (χ1n) is 8.93. The van der Waals surface area contributed by atoms with E-state index in [1.165, 1.54) is 16.4 Å². The van der Waals surface area contributed by atoms with Gasteiger partial charge in [-0.3, -0.25) is 19.2 Å². The number of aryl methyl sites for hydroxylation is 1. The monoisotopic (exact) mass is 403 g/mol. The fraction of sp³-hybridized carbons (Fsp3) is 0.316. The predicted molar refractivity (Wildman–Crippen MR) is 107 cm³/mol. The van der Waals surface area contributed by atoms with Crippen molar-refractivity contribution in [3.05, 3.63) is 63.2 Å². The second kappa shape index (κ2) is 7.59. The number of nitro groups is 1. The molecule has 8 nitrogen and oxygen atoms in total. The minimum Gasteiger partial charge on any atom is -0.321 e. The summed E-state index contributed by atoms with van der Waals surface area (Å²) in [7, 11) is -3.37. The van der Waals surface area contributed by atoms with Gasteiger partial charge in [-0.1, -0.05) is 6.07 Å². The fourth-order valence-electron chi connectivity index (χ4n) is 3.30. The van der Waals surface area contributed by atoms with E-state index in [2.05, 4.69) is 5.32 Å². The molecule has 1 N–H and O–H groups in total. The number of anilines is 2. The molecule has 1 amide bonds. The van der Waals surface area contributed by atoms with Crippen molar-refractivity contribution in [2.24, 2.45) is 0 Å². The van der Waals surface area contributed by atoms with E-state index in [4.69, 9.17) is 0 Å². The van der Waals surface area contributed by atoms with Gasteiger partial charge in [0.25, 0.3) is 11.6 Å². The maximum absolute atomic E-state index is 12.7. The average molecular weight is 403 g/mol. The highest BCUT2D eigenvalue weighted by atomic mass is 32.2. The van der Waals surface area contributed by atoms with Gasteiger partial charge in [0, 0.05) is 18.2 Å². The normalized spacial score (nSPS) is 13.7. The van der Waals surface area contributed by atoms with Crippen molar-refractivity contribution in [1.82, 2.24) is 0 Å². The Balaban J connectivity index is 1.89. The lowest BCUT2D eigenvalue weighted by Crippen LogP contribution is -2.36. The van der Waals surface area contributed by atoms with Gasteiger partial charge >= 0.3 is 0 Å². The van der Waals surface area contributed by atoms with Crippen molar-refractivity contribution in [3.63, 3.8) is 0 Å². The highest BCUT2D eigenvalue weighted by Crippen LogP contribution is 2.31. The van der Waals surface area contributed by atoms with Crippen LogP contribution in [-0.2, 0) is 16.4 Å². The van der Waals surface area contributed by atoms with Crippen LogP contribution in [0.4, 0.5) is 17.1 Å². The number of hydrogen-bond donors (Lipinski definition) is 1. The number of benzene rings is 2. The first kappa shape index (κ1) is 19.8. The SMILES string of the molecule is CCS(=O)(=O)N1CCCc2cc(C(=O)Nc3cccc([N+](=O)[O-])c3C)ccc21. The largest absolute Gasteiger partial charge is 0.321 e. The quantitative estimate of drug-likeness (QED) is 0.609. The van der Waals surface area contributed by atoms with Crippen LogP contribution < -0.4 is 9.62 Å². The Bertz CT molecular complexity index is 1050. The van der Waals surface area contributed by atoms with Crippen LogP contribution in [-0.4, -0.2) is 31.5 Å². The molecule has 0 aliphatic carbocycles. The summed E-state index contributed by atoms with van der Waals surface area (Å²) in [5.74, 6) is -0.386. The maximum atomic E-state index is 12.7. The first-order valence-corrected chi connectivity index (χ1v) is 10.5. The molecule has 0 fully saturated rings. The third-order valence-electron chi connectivity index (χ3n) is 4.87. The number of carbonyl (C=O) groups is 1. The van der Waals surface area contributed by atoms with E-state index in [9.17, 15) is 23.3 Å². The highest BCUT2D eigenvalue weighted by Gasteiger charge is 2.26. The zero-order valence-corrected chi connectivity index (χ0v) is 16.5. The zero-order valence-electron chi connectivity index (χ0n) is 15.6. The van der Waals surface area contributed by atoms with E-state index >= 15 is 0 Å². The molecule has 9 heteroatoms. The number of nitrogens with zero attached hydrogens (tertiary/aromatic N) is 2. The van der Waals surface area contributed by atoms with E-state index in [0.717, 1.165) is 5.56 Å². The van der Waals surface area contributed by atoms with Crippen LogP contribution in [0, 0.1) is 17.0 Å². The Hall–Kier alpha value is -2.94. The molecule has 1 heterocycles. The summed E-state index contributed by atoms with van der Waals surface area (Å²) in [5, 5.41) is 13.8. The molecule has 1 aliphatic rings. The van der Waals surface area contributed by atoms with Crippen molar-refractivity contribution in [1.29, 1.82) is 0 Å². The predicted octanol–water partition coefficient (Wildman–Crippen LogP) is 3.26. The van der Waals surface area contributed by atoms with Gasteiger partial charge in [0.05, 0.1) is 27.6 Å². The van der Waals surface area contributed by atoms with Crippen LogP contribution in [0.3, 0.4) is 0 Å². The van der Waals surface area contributed by atoms with Crippen molar-refractivity contribution in [2.45, 2.75) is 26.7 Å². The van der Waals surface area contributed by atoms with Crippen molar-refractivity contribution in [2.75, 3.05) is 21.9 Å². The molecule has 0 saturated carbocycles. The second-order valence-corrected chi connectivity index (χ2v) is 8.76. The number of carbonyl (C=O) groups excluding carboxylic acids is 1. The van der Waals surface area contributed by atoms with Crippen LogP contribution in [0.25, 0.3) is 0 Å². The van der Waals surface area contributed by atoms with E-state index in [1.54, 1.807) is 38.1 Å². The van der Waals surface area contributed by atoms with E-state index < -0.39 is 20.9 Å². The van der Waals surface area contributed by atoms with Crippen molar-refractivity contribution in [3.8, 4) is 0 Å². The second-order valence-electron chi connectivity index (χ2n) is 6.58. The zero-order chi connectivity index (χ0) is 20.5. The van der Waals surface area contributed by atoms with Crippen LogP contribution in [0.2, 0.25) is 0 Å². The number of fused-ring (bicyclic) bond motifs is 1. The molecule has 28 heavy (non-hydrogen) atoms. The summed E-state index contributed by atoms with van der Waals surface area (Å²) in [6, 6.07) is 9.41. The molecule has 0 unspecified atom stereocenters. The molecule has 148 valence electrons. The van der Waals surface area contributed by atoms with Gasteiger partial charge in [-0.2, -0.15) is 0 Å². The molecule has 2 aromatic carbocycles. The van der Waals surface area contributed by atoms with Crippen LogP contribution in [0.5, 0.6) is 0 Å². The minimum absolute atomic E-state index is 0.0146. The van der Waals surface area contributed by atoms with E-state index in [-0.39, 0.29) is 11.4 Å². The van der Waals surface area contributed by atoms with Crippen LogP contribution in [0.1, 0.15) is 34.8 Å². The molecule has 0 bridgehead atoms. The molecule has 3 rings (SSSR count). The van der Waals surface area contributed by atoms with Crippen LogP contribution >= 0.6 is 0 Å². The molecule has 0 atom stereocenters. The molecule has 0 radical (unpaired) electrons. The summed E-state index contributed by atoms with van der Waals surface area (Å²) in [6.45, 7) is 3.61. The number of nitro benzene ring substituents is 1. The molecule has 1 aliphatic heterocycles. The van der Waals surface area contributed by atoms with Gasteiger partial charge in [-0.05, 0) is 56.5 Å². The van der Waals surface area contributed by atoms with Gasteiger partial charge in [0.15, 0.2) is 0 Å². The van der Waals surface area contributed by atoms with Gasteiger partial charge in [0.1, 0.15) is 0 Å². The average Bonchev–Trinajstić information content (AvgIpc) is 2.68. The van der Waals surface area contributed by atoms with Gasteiger partial charge in [-0.15, -0.1) is 0 Å². The molecule has 0 spiro atoms. The Labute approximate surface area is 163 Å². The fourth-order valence-corrected chi connectivity index (χ4v) is 4.50. The Kier molecular flexibility index (Phi) is 5.37. The summed E-state index contributed by atoms with van der Waals surface area (Å²) >= 11 is 0. The number of amides is 1. The van der Waals surface area contributed by atoms with Crippen molar-refractivity contribution < 1.29 is 18.1 Å².